The summed E-state index contributed by atoms with van der Waals surface area (Å²) >= 11 is 0. The smallest absolute Gasteiger partial charge is 0.418 e. The molecule has 0 heterocycles. The number of carbonyl (C=O) groups excluding carboxylic acids is 1. The number of likely N-dealkylation sites (N-methyl/N-ethyl adjacent to an activating group) is 1. The Kier molecular flexibility index (Phi) is 5.35. The molecule has 0 saturated carbocycles. The van der Waals surface area contributed by atoms with Crippen molar-refractivity contribution in [3.8, 4) is 0 Å². The number of ether oxygens (including phenoxy) is 1. The summed E-state index contributed by atoms with van der Waals surface area (Å²) in [7, 11) is 3.89. The number of rotatable bonds is 5. The van der Waals surface area contributed by atoms with E-state index in [9.17, 15) is 4.79 Å². The van der Waals surface area contributed by atoms with Gasteiger partial charge in [0.15, 0.2) is 0 Å². The first kappa shape index (κ1) is 15.1. The molecule has 0 atom stereocenters. The first-order valence-electron chi connectivity index (χ1n) is 6.90. The van der Waals surface area contributed by atoms with Gasteiger partial charge in [0.25, 0.3) is 0 Å². The van der Waals surface area contributed by atoms with Crippen molar-refractivity contribution in [3.05, 3.63) is 60.7 Å². The van der Waals surface area contributed by atoms with Crippen LogP contribution in [0.1, 0.15) is 0 Å². The maximum Gasteiger partial charge on any atom is 0.418 e. The molecule has 0 aliphatic heterocycles. The van der Waals surface area contributed by atoms with Gasteiger partial charge in [-0.3, -0.25) is 0 Å². The van der Waals surface area contributed by atoms with Crippen molar-refractivity contribution >= 4 is 17.5 Å². The molecule has 2 rings (SSSR count). The predicted octanol–water partition coefficient (Wildman–Crippen LogP) is 3.52. The molecule has 1 amide bonds. The van der Waals surface area contributed by atoms with Crippen molar-refractivity contribution < 1.29 is 9.53 Å². The number of hydrogen-bond acceptors (Lipinski definition) is 3. The van der Waals surface area contributed by atoms with Crippen molar-refractivity contribution in [1.82, 2.24) is 4.90 Å². The highest BCUT2D eigenvalue weighted by molar-refractivity contribution is 5.95. The number of amides is 1. The fraction of sp³-hybridized carbons (Fsp3) is 0.235. The molecule has 0 saturated heterocycles. The molecule has 0 fully saturated rings. The van der Waals surface area contributed by atoms with Gasteiger partial charge >= 0.3 is 6.09 Å². The molecule has 0 aromatic heterocycles. The predicted molar refractivity (Wildman–Crippen MR) is 84.9 cm³/mol. The van der Waals surface area contributed by atoms with E-state index in [1.54, 1.807) is 4.90 Å². The molecule has 0 N–H and O–H groups in total. The SMILES string of the molecule is CN(C)CCOC(=O)N(c1ccccc1)c1ccccc1. The van der Waals surface area contributed by atoms with Crippen LogP contribution in [-0.4, -0.2) is 38.2 Å². The van der Waals surface area contributed by atoms with E-state index >= 15 is 0 Å². The van der Waals surface area contributed by atoms with Crippen LogP contribution in [0.15, 0.2) is 60.7 Å². The minimum atomic E-state index is -0.366. The Morgan fingerprint density at radius 2 is 1.38 bits per heavy atom. The second kappa shape index (κ2) is 7.45. The van der Waals surface area contributed by atoms with E-state index in [0.29, 0.717) is 13.2 Å². The van der Waals surface area contributed by atoms with Gasteiger partial charge in [-0.05, 0) is 38.4 Å². The molecule has 0 bridgehead atoms. The first-order chi connectivity index (χ1) is 10.2. The monoisotopic (exact) mass is 284 g/mol. The van der Waals surface area contributed by atoms with E-state index in [2.05, 4.69) is 0 Å². The Bertz CT molecular complexity index is 516. The van der Waals surface area contributed by atoms with Crippen LogP contribution in [-0.2, 0) is 4.74 Å². The second-order valence-electron chi connectivity index (χ2n) is 4.92. The highest BCUT2D eigenvalue weighted by Crippen LogP contribution is 2.25. The average molecular weight is 284 g/mol. The molecular weight excluding hydrogens is 264 g/mol. The Morgan fingerprint density at radius 3 is 1.81 bits per heavy atom. The fourth-order valence-corrected chi connectivity index (χ4v) is 1.89. The Labute approximate surface area is 125 Å². The van der Waals surface area contributed by atoms with Gasteiger partial charge in [0.05, 0.1) is 11.4 Å². The van der Waals surface area contributed by atoms with Crippen LogP contribution in [0, 0.1) is 0 Å². The number of hydrogen-bond donors (Lipinski definition) is 0. The summed E-state index contributed by atoms with van der Waals surface area (Å²) in [6.45, 7) is 1.06. The van der Waals surface area contributed by atoms with Crippen LogP contribution in [0.5, 0.6) is 0 Å². The summed E-state index contributed by atoms with van der Waals surface area (Å²) < 4.78 is 5.37. The number of carbonyl (C=O) groups is 1. The number of para-hydroxylation sites is 2. The van der Waals surface area contributed by atoms with Crippen LogP contribution in [0.4, 0.5) is 16.2 Å². The van der Waals surface area contributed by atoms with Crippen LogP contribution in [0.3, 0.4) is 0 Å². The third-order valence-corrected chi connectivity index (χ3v) is 2.98. The zero-order valence-corrected chi connectivity index (χ0v) is 12.4. The molecule has 4 heteroatoms. The lowest BCUT2D eigenvalue weighted by atomic mass is 10.2. The van der Waals surface area contributed by atoms with Crippen LogP contribution >= 0.6 is 0 Å². The summed E-state index contributed by atoms with van der Waals surface area (Å²) in [5.74, 6) is 0. The molecule has 110 valence electrons. The van der Waals surface area contributed by atoms with E-state index in [-0.39, 0.29) is 6.09 Å². The van der Waals surface area contributed by atoms with E-state index in [4.69, 9.17) is 4.74 Å². The molecule has 2 aromatic rings. The van der Waals surface area contributed by atoms with Crippen molar-refractivity contribution in [1.29, 1.82) is 0 Å². The van der Waals surface area contributed by atoms with Crippen LogP contribution in [0.25, 0.3) is 0 Å². The van der Waals surface area contributed by atoms with Gasteiger partial charge in [0, 0.05) is 6.54 Å². The summed E-state index contributed by atoms with van der Waals surface area (Å²) in [6.07, 6.45) is -0.366. The zero-order chi connectivity index (χ0) is 15.1. The third-order valence-electron chi connectivity index (χ3n) is 2.98. The summed E-state index contributed by atoms with van der Waals surface area (Å²) in [5, 5.41) is 0. The molecule has 21 heavy (non-hydrogen) atoms. The molecule has 0 aliphatic rings. The molecule has 0 radical (unpaired) electrons. The highest BCUT2D eigenvalue weighted by atomic mass is 16.6. The van der Waals surface area contributed by atoms with Crippen molar-refractivity contribution in [2.24, 2.45) is 0 Å². The van der Waals surface area contributed by atoms with Crippen LogP contribution < -0.4 is 4.90 Å². The molecular formula is C17H20N2O2. The van der Waals surface area contributed by atoms with Gasteiger partial charge in [0.2, 0.25) is 0 Å². The summed E-state index contributed by atoms with van der Waals surface area (Å²) in [5.41, 5.74) is 1.58. The Balaban J connectivity index is 2.19. The van der Waals surface area contributed by atoms with Gasteiger partial charge in [-0.2, -0.15) is 0 Å². The van der Waals surface area contributed by atoms with Crippen molar-refractivity contribution in [2.45, 2.75) is 0 Å². The first-order valence-corrected chi connectivity index (χ1v) is 6.90. The minimum absolute atomic E-state index is 0.363. The zero-order valence-electron chi connectivity index (χ0n) is 12.4. The van der Waals surface area contributed by atoms with Gasteiger partial charge in [0.1, 0.15) is 6.61 Å². The van der Waals surface area contributed by atoms with Crippen molar-refractivity contribution in [3.63, 3.8) is 0 Å². The van der Waals surface area contributed by atoms with E-state index in [1.807, 2.05) is 79.7 Å². The van der Waals surface area contributed by atoms with Crippen LogP contribution in [0.2, 0.25) is 0 Å². The van der Waals surface area contributed by atoms with Gasteiger partial charge < -0.3 is 9.64 Å². The van der Waals surface area contributed by atoms with E-state index in [1.165, 1.54) is 0 Å². The standard InChI is InChI=1S/C17H20N2O2/c1-18(2)13-14-21-17(20)19(15-9-5-3-6-10-15)16-11-7-4-8-12-16/h3-12H,13-14H2,1-2H3. The largest absolute Gasteiger partial charge is 0.448 e. The molecule has 0 unspecified atom stereocenters. The van der Waals surface area contributed by atoms with E-state index in [0.717, 1.165) is 11.4 Å². The molecule has 2 aromatic carbocycles. The lowest BCUT2D eigenvalue weighted by Gasteiger charge is -2.22. The number of benzene rings is 2. The highest BCUT2D eigenvalue weighted by Gasteiger charge is 2.18. The molecule has 4 nitrogen and oxygen atoms in total. The van der Waals surface area contributed by atoms with Crippen molar-refractivity contribution in [2.75, 3.05) is 32.1 Å². The molecule has 0 aliphatic carbocycles. The normalized spacial score (nSPS) is 10.4. The summed E-state index contributed by atoms with van der Waals surface area (Å²) in [4.78, 5) is 16.0. The Hall–Kier alpha value is -2.33. The van der Waals surface area contributed by atoms with Gasteiger partial charge in [-0.25, -0.2) is 9.69 Å². The number of anilines is 2. The van der Waals surface area contributed by atoms with E-state index < -0.39 is 0 Å². The lowest BCUT2D eigenvalue weighted by molar-refractivity contribution is 0.146. The maximum absolute atomic E-state index is 12.4. The summed E-state index contributed by atoms with van der Waals surface area (Å²) in [6, 6.07) is 19.0. The lowest BCUT2D eigenvalue weighted by Crippen LogP contribution is -2.29. The third kappa shape index (κ3) is 4.33. The van der Waals surface area contributed by atoms with Gasteiger partial charge in [-0.1, -0.05) is 36.4 Å². The number of nitrogens with zero attached hydrogens (tertiary/aromatic N) is 2. The quantitative estimate of drug-likeness (QED) is 0.842. The second-order valence-corrected chi connectivity index (χ2v) is 4.92. The maximum atomic E-state index is 12.4. The average Bonchev–Trinajstić information content (AvgIpc) is 2.49. The van der Waals surface area contributed by atoms with Gasteiger partial charge in [-0.15, -0.1) is 0 Å². The Morgan fingerprint density at radius 1 is 0.905 bits per heavy atom. The molecule has 0 spiro atoms. The topological polar surface area (TPSA) is 32.8 Å². The minimum Gasteiger partial charge on any atom is -0.448 e. The fourth-order valence-electron chi connectivity index (χ4n) is 1.89.